The normalized spacial score (nSPS) is 34.8. The number of carbonyl (C=O) groups excluding carboxylic acids is 1. The molecule has 0 aromatic heterocycles. The standard InChI is InChI=1S/C17H32N2O/c1-11(2)8-15-18-16(12(3)4)17(20)19(15)10-14-7-6-13(5)9-14/h11-16,18H,6-10H2,1-5H3. The Morgan fingerprint density at radius 2 is 1.95 bits per heavy atom. The van der Waals surface area contributed by atoms with Crippen LogP contribution in [0.25, 0.3) is 0 Å². The van der Waals surface area contributed by atoms with Crippen molar-refractivity contribution in [2.75, 3.05) is 6.54 Å². The molecule has 1 saturated heterocycles. The molecule has 0 bridgehead atoms. The van der Waals surface area contributed by atoms with Crippen molar-refractivity contribution in [2.24, 2.45) is 23.7 Å². The maximum atomic E-state index is 12.7. The van der Waals surface area contributed by atoms with Crippen LogP contribution in [0.3, 0.4) is 0 Å². The van der Waals surface area contributed by atoms with Crippen molar-refractivity contribution >= 4 is 5.91 Å². The van der Waals surface area contributed by atoms with E-state index in [0.29, 0.717) is 17.7 Å². The Morgan fingerprint density at radius 3 is 2.45 bits per heavy atom. The van der Waals surface area contributed by atoms with Gasteiger partial charge >= 0.3 is 0 Å². The molecule has 4 unspecified atom stereocenters. The van der Waals surface area contributed by atoms with E-state index in [4.69, 9.17) is 0 Å². The summed E-state index contributed by atoms with van der Waals surface area (Å²) in [5, 5.41) is 3.58. The Kier molecular flexibility index (Phi) is 5.11. The zero-order valence-corrected chi connectivity index (χ0v) is 13.9. The topological polar surface area (TPSA) is 32.3 Å². The van der Waals surface area contributed by atoms with Crippen LogP contribution in [-0.2, 0) is 4.79 Å². The van der Waals surface area contributed by atoms with Gasteiger partial charge in [0.1, 0.15) is 0 Å². The zero-order valence-electron chi connectivity index (χ0n) is 13.9. The predicted molar refractivity (Wildman–Crippen MR) is 83.2 cm³/mol. The summed E-state index contributed by atoms with van der Waals surface area (Å²) in [4.78, 5) is 14.8. The second-order valence-electron chi connectivity index (χ2n) is 7.81. The van der Waals surface area contributed by atoms with Crippen LogP contribution < -0.4 is 5.32 Å². The molecule has 1 amide bonds. The second-order valence-corrected chi connectivity index (χ2v) is 7.81. The zero-order chi connectivity index (χ0) is 14.9. The molecule has 0 radical (unpaired) electrons. The number of nitrogens with one attached hydrogen (secondary N) is 1. The van der Waals surface area contributed by atoms with Crippen LogP contribution in [0.2, 0.25) is 0 Å². The van der Waals surface area contributed by atoms with Crippen molar-refractivity contribution in [3.63, 3.8) is 0 Å². The molecule has 2 fully saturated rings. The minimum absolute atomic E-state index is 0.0255. The Morgan fingerprint density at radius 1 is 1.25 bits per heavy atom. The van der Waals surface area contributed by atoms with Gasteiger partial charge in [0, 0.05) is 6.54 Å². The van der Waals surface area contributed by atoms with Gasteiger partial charge in [-0.05, 0) is 42.9 Å². The highest BCUT2D eigenvalue weighted by atomic mass is 16.2. The van der Waals surface area contributed by atoms with E-state index in [1.807, 2.05) is 0 Å². The van der Waals surface area contributed by atoms with Crippen LogP contribution >= 0.6 is 0 Å². The van der Waals surface area contributed by atoms with E-state index >= 15 is 0 Å². The summed E-state index contributed by atoms with van der Waals surface area (Å²) in [6.07, 6.45) is 5.25. The first-order chi connectivity index (χ1) is 9.38. The Balaban J connectivity index is 2.03. The number of nitrogens with zero attached hydrogens (tertiary/aromatic N) is 1. The third kappa shape index (κ3) is 3.55. The summed E-state index contributed by atoms with van der Waals surface area (Å²) < 4.78 is 0. The lowest BCUT2D eigenvalue weighted by molar-refractivity contribution is -0.131. The van der Waals surface area contributed by atoms with Crippen molar-refractivity contribution in [1.82, 2.24) is 10.2 Å². The molecule has 2 aliphatic rings. The molecule has 1 saturated carbocycles. The van der Waals surface area contributed by atoms with Crippen LogP contribution in [0.5, 0.6) is 0 Å². The maximum absolute atomic E-state index is 12.7. The first-order valence-electron chi connectivity index (χ1n) is 8.45. The predicted octanol–water partition coefficient (Wildman–Crippen LogP) is 3.25. The van der Waals surface area contributed by atoms with Crippen molar-refractivity contribution in [3.05, 3.63) is 0 Å². The molecule has 116 valence electrons. The fourth-order valence-corrected chi connectivity index (χ4v) is 3.81. The third-order valence-electron chi connectivity index (χ3n) is 4.92. The minimum atomic E-state index is 0.0255. The second kappa shape index (κ2) is 6.46. The van der Waals surface area contributed by atoms with Gasteiger partial charge in [-0.1, -0.05) is 41.0 Å². The first-order valence-corrected chi connectivity index (χ1v) is 8.45. The summed E-state index contributed by atoms with van der Waals surface area (Å²) in [5.41, 5.74) is 0. The van der Waals surface area contributed by atoms with Crippen LogP contribution in [-0.4, -0.2) is 29.6 Å². The monoisotopic (exact) mass is 280 g/mol. The highest BCUT2D eigenvalue weighted by Crippen LogP contribution is 2.33. The molecule has 20 heavy (non-hydrogen) atoms. The van der Waals surface area contributed by atoms with E-state index in [-0.39, 0.29) is 12.2 Å². The summed E-state index contributed by atoms with van der Waals surface area (Å²) in [6.45, 7) is 12.1. The highest BCUT2D eigenvalue weighted by Gasteiger charge is 2.41. The Hall–Kier alpha value is -0.570. The van der Waals surface area contributed by atoms with Crippen LogP contribution in [0.15, 0.2) is 0 Å². The smallest absolute Gasteiger partial charge is 0.241 e. The molecule has 1 N–H and O–H groups in total. The third-order valence-corrected chi connectivity index (χ3v) is 4.92. The average molecular weight is 280 g/mol. The molecule has 0 spiro atoms. The van der Waals surface area contributed by atoms with Gasteiger partial charge in [0.2, 0.25) is 5.91 Å². The average Bonchev–Trinajstić information content (AvgIpc) is 2.87. The van der Waals surface area contributed by atoms with Gasteiger partial charge in [-0.25, -0.2) is 0 Å². The van der Waals surface area contributed by atoms with Crippen molar-refractivity contribution < 1.29 is 4.79 Å². The number of hydrogen-bond acceptors (Lipinski definition) is 2. The van der Waals surface area contributed by atoms with Crippen molar-refractivity contribution in [3.8, 4) is 0 Å². The van der Waals surface area contributed by atoms with Crippen molar-refractivity contribution in [2.45, 2.75) is 72.5 Å². The van der Waals surface area contributed by atoms with Gasteiger partial charge in [0.15, 0.2) is 0 Å². The molecule has 4 atom stereocenters. The fraction of sp³-hybridized carbons (Fsp3) is 0.941. The van der Waals surface area contributed by atoms with E-state index < -0.39 is 0 Å². The van der Waals surface area contributed by atoms with Gasteiger partial charge in [0.25, 0.3) is 0 Å². The van der Waals surface area contributed by atoms with E-state index in [0.717, 1.165) is 24.8 Å². The summed E-state index contributed by atoms with van der Waals surface area (Å²) in [6, 6.07) is 0.0255. The summed E-state index contributed by atoms with van der Waals surface area (Å²) >= 11 is 0. The van der Waals surface area contributed by atoms with Crippen LogP contribution in [0, 0.1) is 23.7 Å². The molecule has 0 aromatic carbocycles. The van der Waals surface area contributed by atoms with E-state index in [1.165, 1.54) is 19.3 Å². The van der Waals surface area contributed by atoms with Gasteiger partial charge in [-0.15, -0.1) is 0 Å². The van der Waals surface area contributed by atoms with E-state index in [1.54, 1.807) is 0 Å². The molecule has 3 heteroatoms. The minimum Gasteiger partial charge on any atom is -0.326 e. The molecule has 0 aromatic rings. The fourth-order valence-electron chi connectivity index (χ4n) is 3.81. The highest BCUT2D eigenvalue weighted by molar-refractivity contribution is 5.84. The van der Waals surface area contributed by atoms with Gasteiger partial charge < -0.3 is 4.90 Å². The number of amides is 1. The van der Waals surface area contributed by atoms with Gasteiger partial charge in [0.05, 0.1) is 12.2 Å². The molecule has 1 aliphatic carbocycles. The summed E-state index contributed by atoms with van der Waals surface area (Å²) in [5.74, 6) is 2.90. The van der Waals surface area contributed by atoms with Gasteiger partial charge in [-0.2, -0.15) is 0 Å². The molecule has 3 nitrogen and oxygen atoms in total. The largest absolute Gasteiger partial charge is 0.326 e. The van der Waals surface area contributed by atoms with E-state index in [2.05, 4.69) is 44.8 Å². The Bertz CT molecular complexity index is 340. The molecular weight excluding hydrogens is 248 g/mol. The molecule has 1 aliphatic heterocycles. The quantitative estimate of drug-likeness (QED) is 0.838. The lowest BCUT2D eigenvalue weighted by Gasteiger charge is -2.28. The molecule has 2 rings (SSSR count). The van der Waals surface area contributed by atoms with Crippen LogP contribution in [0.1, 0.15) is 60.3 Å². The van der Waals surface area contributed by atoms with Crippen molar-refractivity contribution in [1.29, 1.82) is 0 Å². The number of carbonyl (C=O) groups is 1. The van der Waals surface area contributed by atoms with E-state index in [9.17, 15) is 4.79 Å². The SMILES string of the molecule is CC(C)CC1NC(C(C)C)C(=O)N1CC1CCC(C)C1. The molecule has 1 heterocycles. The number of rotatable bonds is 5. The maximum Gasteiger partial charge on any atom is 0.241 e. The lowest BCUT2D eigenvalue weighted by atomic mass is 10.0. The Labute approximate surface area is 124 Å². The molecular formula is C17H32N2O. The van der Waals surface area contributed by atoms with Gasteiger partial charge in [-0.3, -0.25) is 10.1 Å². The van der Waals surface area contributed by atoms with Crippen LogP contribution in [0.4, 0.5) is 0 Å². The summed E-state index contributed by atoms with van der Waals surface area (Å²) in [7, 11) is 0. The number of hydrogen-bond donors (Lipinski definition) is 1. The first kappa shape index (κ1) is 15.8. The lowest BCUT2D eigenvalue weighted by Crippen LogP contribution is -2.41.